The second-order valence-corrected chi connectivity index (χ2v) is 9.17. The van der Waals surface area contributed by atoms with Crippen LogP contribution < -0.4 is 16.4 Å². The molecule has 1 aromatic heterocycles. The first kappa shape index (κ1) is 21.0. The Morgan fingerprint density at radius 1 is 1.19 bits per heavy atom. The smallest absolute Gasteiger partial charge is 0.325 e. The van der Waals surface area contributed by atoms with Crippen LogP contribution in [0.2, 0.25) is 0 Å². The molecule has 5 amide bonds. The number of amides is 5. The van der Waals surface area contributed by atoms with E-state index in [0.717, 1.165) is 28.2 Å². The summed E-state index contributed by atoms with van der Waals surface area (Å²) in [4.78, 5) is 51.7. The molecule has 1 saturated heterocycles. The minimum atomic E-state index is -0.790. The molecule has 8 nitrogen and oxygen atoms in total. The number of hydrogen-bond acceptors (Lipinski definition) is 5. The number of thiophene rings is 1. The van der Waals surface area contributed by atoms with E-state index in [1.807, 2.05) is 37.3 Å². The second-order valence-electron chi connectivity index (χ2n) is 7.94. The number of imide groups is 1. The number of primary amides is 1. The van der Waals surface area contributed by atoms with Gasteiger partial charge in [-0.25, -0.2) is 4.79 Å². The highest BCUT2D eigenvalue weighted by Gasteiger charge is 2.52. The van der Waals surface area contributed by atoms with Gasteiger partial charge in [0.05, 0.1) is 5.56 Å². The highest BCUT2D eigenvalue weighted by atomic mass is 32.1. The summed E-state index contributed by atoms with van der Waals surface area (Å²) < 4.78 is 0. The summed E-state index contributed by atoms with van der Waals surface area (Å²) in [5.41, 5.74) is 6.64. The van der Waals surface area contributed by atoms with E-state index in [1.54, 1.807) is 0 Å². The molecule has 0 atom stereocenters. The molecule has 0 radical (unpaired) electrons. The van der Waals surface area contributed by atoms with Gasteiger partial charge in [0.25, 0.3) is 11.8 Å². The van der Waals surface area contributed by atoms with Crippen LogP contribution >= 0.6 is 11.3 Å². The molecule has 31 heavy (non-hydrogen) atoms. The predicted octanol–water partition coefficient (Wildman–Crippen LogP) is 3.02. The molecule has 0 bridgehead atoms. The van der Waals surface area contributed by atoms with Crippen LogP contribution in [0.15, 0.2) is 30.3 Å². The molecule has 2 aromatic rings. The van der Waals surface area contributed by atoms with Crippen LogP contribution in [0.5, 0.6) is 0 Å². The third-order valence-corrected chi connectivity index (χ3v) is 6.93. The highest BCUT2D eigenvalue weighted by Crippen LogP contribution is 2.40. The number of aryl methyl sites for hydroxylation is 1. The number of nitrogens with zero attached hydrogens (tertiary/aromatic N) is 1. The number of nitrogens with two attached hydrogens (primary N) is 1. The van der Waals surface area contributed by atoms with Crippen LogP contribution in [0.25, 0.3) is 11.1 Å². The molecule has 2 fully saturated rings. The van der Waals surface area contributed by atoms with Gasteiger partial charge in [-0.2, -0.15) is 0 Å². The van der Waals surface area contributed by atoms with Gasteiger partial charge in [0.2, 0.25) is 5.91 Å². The lowest BCUT2D eigenvalue weighted by molar-refractivity contribution is -0.131. The number of hydrogen-bond donors (Lipinski definition) is 3. The van der Waals surface area contributed by atoms with Crippen LogP contribution in [-0.4, -0.2) is 40.7 Å². The fourth-order valence-electron chi connectivity index (χ4n) is 4.42. The molecular weight excluding hydrogens is 416 g/mol. The summed E-state index contributed by atoms with van der Waals surface area (Å²) in [7, 11) is 0. The molecule has 2 heterocycles. The zero-order chi connectivity index (χ0) is 22.2. The van der Waals surface area contributed by atoms with E-state index in [9.17, 15) is 19.2 Å². The summed E-state index contributed by atoms with van der Waals surface area (Å²) in [6, 6.07) is 8.92. The number of anilines is 1. The molecule has 1 spiro atoms. The molecular formula is C22H24N4O4S. The van der Waals surface area contributed by atoms with Gasteiger partial charge in [-0.1, -0.05) is 43.2 Å². The first-order chi connectivity index (χ1) is 14.8. The van der Waals surface area contributed by atoms with Gasteiger partial charge in [0, 0.05) is 23.4 Å². The van der Waals surface area contributed by atoms with Crippen molar-refractivity contribution in [3.8, 4) is 11.1 Å². The Morgan fingerprint density at radius 3 is 2.52 bits per heavy atom. The number of carbonyl (C=O) groups is 4. The topological polar surface area (TPSA) is 122 Å². The van der Waals surface area contributed by atoms with Crippen molar-refractivity contribution >= 4 is 40.1 Å². The Hall–Kier alpha value is -3.20. The van der Waals surface area contributed by atoms with E-state index in [0.29, 0.717) is 23.4 Å². The number of benzene rings is 1. The van der Waals surface area contributed by atoms with Crippen molar-refractivity contribution in [3.63, 3.8) is 0 Å². The molecule has 1 aromatic carbocycles. The Morgan fingerprint density at radius 2 is 1.87 bits per heavy atom. The predicted molar refractivity (Wildman–Crippen MR) is 118 cm³/mol. The summed E-state index contributed by atoms with van der Waals surface area (Å²) in [5.74, 6) is -1.27. The van der Waals surface area contributed by atoms with Gasteiger partial charge in [0.1, 0.15) is 10.5 Å². The molecule has 4 N–H and O–H groups in total. The van der Waals surface area contributed by atoms with Crippen LogP contribution in [0.1, 0.15) is 47.3 Å². The highest BCUT2D eigenvalue weighted by molar-refractivity contribution is 7.17. The second kappa shape index (κ2) is 8.14. The van der Waals surface area contributed by atoms with Gasteiger partial charge < -0.3 is 16.4 Å². The molecule has 1 aliphatic carbocycles. The molecule has 1 aliphatic heterocycles. The lowest BCUT2D eigenvalue weighted by Crippen LogP contribution is -2.44. The van der Waals surface area contributed by atoms with Gasteiger partial charge in [0.15, 0.2) is 0 Å². The number of nitrogens with one attached hydrogen (secondary N) is 2. The van der Waals surface area contributed by atoms with E-state index in [-0.39, 0.29) is 24.4 Å². The Bertz CT molecular complexity index is 1060. The number of rotatable bonds is 6. The molecule has 1 saturated carbocycles. The normalized spacial score (nSPS) is 17.3. The van der Waals surface area contributed by atoms with Crippen molar-refractivity contribution < 1.29 is 19.2 Å². The average Bonchev–Trinajstić information content (AvgIpc) is 3.39. The third kappa shape index (κ3) is 3.81. The molecule has 2 aliphatic rings. The summed E-state index contributed by atoms with van der Waals surface area (Å²) >= 11 is 1.27. The lowest BCUT2D eigenvalue weighted by Gasteiger charge is -2.19. The van der Waals surface area contributed by atoms with Crippen LogP contribution in [0.4, 0.5) is 9.80 Å². The third-order valence-electron chi connectivity index (χ3n) is 5.91. The van der Waals surface area contributed by atoms with E-state index >= 15 is 0 Å². The monoisotopic (exact) mass is 440 g/mol. The lowest BCUT2D eigenvalue weighted by atomic mass is 9.98. The molecule has 4 rings (SSSR count). The Kier molecular flexibility index (Phi) is 5.53. The molecule has 0 unspecified atom stereocenters. The zero-order valence-electron chi connectivity index (χ0n) is 17.2. The SMILES string of the molecule is Cc1sc(NC(=O)CCN2C(=O)NC3(CCCC3)C2=O)c(C(N)=O)c1-c1ccccc1. The Labute approximate surface area is 183 Å². The van der Waals surface area contributed by atoms with E-state index in [4.69, 9.17) is 5.73 Å². The number of carbonyl (C=O) groups excluding carboxylic acids is 4. The fraction of sp³-hybridized carbons (Fsp3) is 0.364. The summed E-state index contributed by atoms with van der Waals surface area (Å²) in [6.07, 6.45) is 3.01. The largest absolute Gasteiger partial charge is 0.365 e. The van der Waals surface area contributed by atoms with Crippen LogP contribution in [0.3, 0.4) is 0 Å². The van der Waals surface area contributed by atoms with Crippen molar-refractivity contribution in [1.82, 2.24) is 10.2 Å². The number of urea groups is 1. The summed E-state index contributed by atoms with van der Waals surface area (Å²) in [6.45, 7) is 1.85. The first-order valence-electron chi connectivity index (χ1n) is 10.2. The standard InChI is InChI=1S/C22H24N4O4S/c1-13-16(14-7-3-2-4-8-14)17(18(23)28)19(31-13)24-15(27)9-12-26-20(29)22(25-21(26)30)10-5-6-11-22/h2-4,7-8H,5-6,9-12H2,1H3,(H2,23,28)(H,24,27)(H,25,30). The Balaban J connectivity index is 1.48. The maximum atomic E-state index is 12.7. The summed E-state index contributed by atoms with van der Waals surface area (Å²) in [5, 5.41) is 5.92. The maximum Gasteiger partial charge on any atom is 0.325 e. The first-order valence-corrected chi connectivity index (χ1v) is 11.1. The zero-order valence-corrected chi connectivity index (χ0v) is 18.0. The quantitative estimate of drug-likeness (QED) is 0.598. The molecule has 162 valence electrons. The van der Waals surface area contributed by atoms with E-state index < -0.39 is 23.4 Å². The van der Waals surface area contributed by atoms with Crippen molar-refractivity contribution in [2.45, 2.75) is 44.6 Å². The molecule has 9 heteroatoms. The van der Waals surface area contributed by atoms with E-state index in [1.165, 1.54) is 11.3 Å². The van der Waals surface area contributed by atoms with Gasteiger partial charge in [-0.3, -0.25) is 19.3 Å². The van der Waals surface area contributed by atoms with Crippen LogP contribution in [-0.2, 0) is 9.59 Å². The van der Waals surface area contributed by atoms with Gasteiger partial charge in [-0.15, -0.1) is 11.3 Å². The van der Waals surface area contributed by atoms with Gasteiger partial charge in [-0.05, 0) is 25.3 Å². The van der Waals surface area contributed by atoms with Crippen molar-refractivity contribution in [2.75, 3.05) is 11.9 Å². The maximum absolute atomic E-state index is 12.7. The van der Waals surface area contributed by atoms with Crippen molar-refractivity contribution in [1.29, 1.82) is 0 Å². The minimum Gasteiger partial charge on any atom is -0.365 e. The van der Waals surface area contributed by atoms with Crippen molar-refractivity contribution in [3.05, 3.63) is 40.8 Å². The van der Waals surface area contributed by atoms with Crippen molar-refractivity contribution in [2.24, 2.45) is 5.73 Å². The van der Waals surface area contributed by atoms with E-state index in [2.05, 4.69) is 10.6 Å². The fourth-order valence-corrected chi connectivity index (χ4v) is 5.52. The average molecular weight is 441 g/mol. The minimum absolute atomic E-state index is 0.0138. The van der Waals surface area contributed by atoms with Crippen LogP contribution in [0, 0.1) is 6.92 Å². The van der Waals surface area contributed by atoms with Gasteiger partial charge >= 0.3 is 6.03 Å².